The third kappa shape index (κ3) is 3.12. The van der Waals surface area contributed by atoms with Crippen LogP contribution in [0.2, 0.25) is 0 Å². The first kappa shape index (κ1) is 15.6. The molecule has 1 aliphatic carbocycles. The summed E-state index contributed by atoms with van der Waals surface area (Å²) in [5.41, 5.74) is 0.0971. The first-order valence-corrected chi connectivity index (χ1v) is 8.57. The standard InChI is InChI=1S/C16H24FNOS/c1-4-18-15-14(10-7-11-16(15,2)3)20(19)13-9-6-5-8-12(13)17/h5-6,8-9,14-15,18H,4,7,10-11H2,1-3H3. The molecule has 0 saturated heterocycles. The van der Waals surface area contributed by atoms with Crippen LogP contribution in [0.3, 0.4) is 0 Å². The summed E-state index contributed by atoms with van der Waals surface area (Å²) in [6.07, 6.45) is 3.07. The molecule has 0 aromatic heterocycles. The second-order valence-electron chi connectivity index (χ2n) is 6.18. The van der Waals surface area contributed by atoms with Crippen molar-refractivity contribution in [3.8, 4) is 0 Å². The highest BCUT2D eigenvalue weighted by Gasteiger charge is 2.41. The maximum atomic E-state index is 13.9. The Labute approximate surface area is 123 Å². The van der Waals surface area contributed by atoms with E-state index in [9.17, 15) is 8.60 Å². The van der Waals surface area contributed by atoms with E-state index in [2.05, 4.69) is 26.1 Å². The largest absolute Gasteiger partial charge is 0.313 e. The van der Waals surface area contributed by atoms with Gasteiger partial charge in [-0.2, -0.15) is 0 Å². The zero-order chi connectivity index (χ0) is 14.8. The number of hydrogen-bond donors (Lipinski definition) is 1. The van der Waals surface area contributed by atoms with Crippen molar-refractivity contribution in [1.82, 2.24) is 5.32 Å². The van der Waals surface area contributed by atoms with Gasteiger partial charge >= 0.3 is 0 Å². The maximum Gasteiger partial charge on any atom is 0.139 e. The van der Waals surface area contributed by atoms with Crippen LogP contribution in [0.1, 0.15) is 40.0 Å². The Hall–Kier alpha value is -0.740. The quantitative estimate of drug-likeness (QED) is 0.921. The van der Waals surface area contributed by atoms with E-state index in [1.165, 1.54) is 6.07 Å². The Morgan fingerprint density at radius 2 is 2.10 bits per heavy atom. The number of benzene rings is 1. The molecule has 1 aliphatic rings. The Bertz CT molecular complexity index is 489. The first-order chi connectivity index (χ1) is 9.47. The minimum atomic E-state index is -1.30. The maximum absolute atomic E-state index is 13.9. The molecule has 1 N–H and O–H groups in total. The molecule has 1 aromatic carbocycles. The molecule has 0 radical (unpaired) electrons. The van der Waals surface area contributed by atoms with Crippen LogP contribution >= 0.6 is 0 Å². The topological polar surface area (TPSA) is 29.1 Å². The minimum absolute atomic E-state index is 0.0180. The molecule has 20 heavy (non-hydrogen) atoms. The first-order valence-electron chi connectivity index (χ1n) is 7.36. The van der Waals surface area contributed by atoms with Crippen molar-refractivity contribution in [1.29, 1.82) is 0 Å². The molecule has 112 valence electrons. The second-order valence-corrected chi connectivity index (χ2v) is 7.82. The summed E-state index contributed by atoms with van der Waals surface area (Å²) in [4.78, 5) is 0.345. The highest BCUT2D eigenvalue weighted by atomic mass is 32.2. The predicted octanol–water partition coefficient (Wildman–Crippen LogP) is 3.49. The zero-order valence-corrected chi connectivity index (χ0v) is 13.3. The van der Waals surface area contributed by atoms with Gasteiger partial charge in [-0.15, -0.1) is 0 Å². The molecule has 2 nitrogen and oxygen atoms in total. The fraction of sp³-hybridized carbons (Fsp3) is 0.625. The number of nitrogens with one attached hydrogen (secondary N) is 1. The Morgan fingerprint density at radius 1 is 1.40 bits per heavy atom. The number of rotatable bonds is 4. The van der Waals surface area contributed by atoms with E-state index in [1.807, 2.05) is 0 Å². The molecule has 0 bridgehead atoms. The molecule has 4 heteroatoms. The minimum Gasteiger partial charge on any atom is -0.313 e. The third-order valence-corrected chi connectivity index (χ3v) is 6.10. The van der Waals surface area contributed by atoms with Crippen molar-refractivity contribution in [2.24, 2.45) is 5.41 Å². The number of halogens is 1. The van der Waals surface area contributed by atoms with Crippen LogP contribution in [0.25, 0.3) is 0 Å². The van der Waals surface area contributed by atoms with Crippen LogP contribution in [0.15, 0.2) is 29.2 Å². The number of hydrogen-bond acceptors (Lipinski definition) is 2. The summed E-state index contributed by atoms with van der Waals surface area (Å²) < 4.78 is 26.7. The second kappa shape index (κ2) is 6.35. The Balaban J connectivity index is 2.29. The van der Waals surface area contributed by atoms with E-state index in [0.29, 0.717) is 4.90 Å². The summed E-state index contributed by atoms with van der Waals surface area (Å²) >= 11 is 0. The summed E-state index contributed by atoms with van der Waals surface area (Å²) in [6.45, 7) is 7.34. The van der Waals surface area contributed by atoms with Gasteiger partial charge in [0.1, 0.15) is 5.82 Å². The van der Waals surface area contributed by atoms with E-state index in [-0.39, 0.29) is 22.5 Å². The van der Waals surface area contributed by atoms with Gasteiger partial charge in [0.15, 0.2) is 0 Å². The molecular formula is C16H24FNOS. The lowest BCUT2D eigenvalue weighted by atomic mass is 9.73. The van der Waals surface area contributed by atoms with E-state index in [4.69, 9.17) is 0 Å². The summed E-state index contributed by atoms with van der Waals surface area (Å²) in [6, 6.07) is 6.61. The Morgan fingerprint density at radius 3 is 2.75 bits per heavy atom. The monoisotopic (exact) mass is 297 g/mol. The molecule has 0 aliphatic heterocycles. The molecule has 1 saturated carbocycles. The highest BCUT2D eigenvalue weighted by molar-refractivity contribution is 7.85. The highest BCUT2D eigenvalue weighted by Crippen LogP contribution is 2.39. The van der Waals surface area contributed by atoms with Gasteiger partial charge in [-0.25, -0.2) is 4.39 Å². The van der Waals surface area contributed by atoms with Crippen molar-refractivity contribution >= 4 is 10.8 Å². The van der Waals surface area contributed by atoms with Gasteiger partial charge in [-0.3, -0.25) is 4.21 Å². The van der Waals surface area contributed by atoms with E-state index >= 15 is 0 Å². The van der Waals surface area contributed by atoms with Gasteiger partial charge in [0, 0.05) is 6.04 Å². The van der Waals surface area contributed by atoms with Gasteiger partial charge in [-0.05, 0) is 36.9 Å². The van der Waals surface area contributed by atoms with Crippen molar-refractivity contribution in [2.75, 3.05) is 6.54 Å². The molecule has 1 aromatic rings. The lowest BCUT2D eigenvalue weighted by Crippen LogP contribution is -2.54. The van der Waals surface area contributed by atoms with Gasteiger partial charge in [-0.1, -0.05) is 39.3 Å². The van der Waals surface area contributed by atoms with Crippen LogP contribution in [0.4, 0.5) is 4.39 Å². The van der Waals surface area contributed by atoms with Crippen LogP contribution in [-0.2, 0) is 10.8 Å². The van der Waals surface area contributed by atoms with Crippen molar-refractivity contribution < 1.29 is 8.60 Å². The lowest BCUT2D eigenvalue weighted by molar-refractivity contribution is 0.174. The average Bonchev–Trinajstić information content (AvgIpc) is 2.41. The normalized spacial score (nSPS) is 27.2. The lowest BCUT2D eigenvalue weighted by Gasteiger charge is -2.44. The van der Waals surface area contributed by atoms with Gasteiger partial charge in [0.05, 0.1) is 20.9 Å². The van der Waals surface area contributed by atoms with Crippen LogP contribution in [0, 0.1) is 11.2 Å². The summed E-state index contributed by atoms with van der Waals surface area (Å²) in [5, 5.41) is 3.46. The zero-order valence-electron chi connectivity index (χ0n) is 12.5. The van der Waals surface area contributed by atoms with E-state index < -0.39 is 10.8 Å². The summed E-state index contributed by atoms with van der Waals surface area (Å²) in [7, 11) is -1.30. The van der Waals surface area contributed by atoms with Crippen LogP contribution in [0.5, 0.6) is 0 Å². The van der Waals surface area contributed by atoms with Crippen molar-refractivity contribution in [3.63, 3.8) is 0 Å². The summed E-state index contributed by atoms with van der Waals surface area (Å²) in [5.74, 6) is -0.357. The fourth-order valence-corrected chi connectivity index (χ4v) is 5.11. The predicted molar refractivity (Wildman–Crippen MR) is 81.7 cm³/mol. The molecule has 2 rings (SSSR count). The molecular weight excluding hydrogens is 273 g/mol. The molecule has 3 unspecified atom stereocenters. The van der Waals surface area contributed by atoms with Crippen LogP contribution < -0.4 is 5.32 Å². The van der Waals surface area contributed by atoms with Gasteiger partial charge < -0.3 is 5.32 Å². The SMILES string of the molecule is CCNC1C(S(=O)c2ccccc2F)CCCC1(C)C. The molecule has 0 spiro atoms. The third-order valence-electron chi connectivity index (χ3n) is 4.28. The molecule has 0 heterocycles. The average molecular weight is 297 g/mol. The van der Waals surface area contributed by atoms with E-state index in [1.54, 1.807) is 18.2 Å². The van der Waals surface area contributed by atoms with E-state index in [0.717, 1.165) is 25.8 Å². The molecule has 1 fully saturated rings. The smallest absolute Gasteiger partial charge is 0.139 e. The Kier molecular flexibility index (Phi) is 4.97. The fourth-order valence-electron chi connectivity index (χ4n) is 3.21. The van der Waals surface area contributed by atoms with Gasteiger partial charge in [0.2, 0.25) is 0 Å². The molecule has 3 atom stereocenters. The van der Waals surface area contributed by atoms with Crippen molar-refractivity contribution in [3.05, 3.63) is 30.1 Å². The van der Waals surface area contributed by atoms with Crippen LogP contribution in [-0.4, -0.2) is 22.0 Å². The van der Waals surface area contributed by atoms with Crippen molar-refractivity contribution in [2.45, 2.75) is 56.2 Å². The molecule has 0 amide bonds. The van der Waals surface area contributed by atoms with Gasteiger partial charge in [0.25, 0.3) is 0 Å².